The Morgan fingerprint density at radius 2 is 1.92 bits per heavy atom. The third-order valence-corrected chi connectivity index (χ3v) is 5.80. The highest BCUT2D eigenvalue weighted by Gasteiger charge is 2.26. The topological polar surface area (TPSA) is 79.4 Å². The minimum atomic E-state index is -3.42. The number of carbonyl (C=O) groups is 1. The smallest absolute Gasteiger partial charge is 0.258 e. The number of benzene rings is 1. The lowest BCUT2D eigenvalue weighted by Crippen LogP contribution is -2.29. The predicted octanol–water partition coefficient (Wildman–Crippen LogP) is 2.43. The summed E-state index contributed by atoms with van der Waals surface area (Å²) < 4.78 is 26.6. The van der Waals surface area contributed by atoms with E-state index in [1.165, 1.54) is 0 Å². The summed E-state index contributed by atoms with van der Waals surface area (Å²) in [5, 5.41) is -0.527. The van der Waals surface area contributed by atoms with Gasteiger partial charge in [0.1, 0.15) is 0 Å². The van der Waals surface area contributed by atoms with Crippen molar-refractivity contribution in [1.82, 2.24) is 4.98 Å². The van der Waals surface area contributed by atoms with Gasteiger partial charge < -0.3 is 4.90 Å². The number of nitrogens with zero attached hydrogens (tertiary/aromatic N) is 2. The maximum absolute atomic E-state index is 12.7. The fourth-order valence-corrected chi connectivity index (χ4v) is 3.28. The zero-order valence-corrected chi connectivity index (χ0v) is 14.4. The van der Waals surface area contributed by atoms with E-state index in [1.807, 2.05) is 6.07 Å². The number of amides is 1. The van der Waals surface area contributed by atoms with Crippen molar-refractivity contribution in [3.8, 4) is 0 Å². The molecule has 2 aromatic rings. The van der Waals surface area contributed by atoms with Gasteiger partial charge in [-0.05, 0) is 50.1 Å². The third-order valence-electron chi connectivity index (χ3n) is 4.03. The first-order chi connectivity index (χ1) is 11.4. The lowest BCUT2D eigenvalue weighted by molar-refractivity contribution is 0.0989. The van der Waals surface area contributed by atoms with Gasteiger partial charge in [0.15, 0.2) is 0 Å². The van der Waals surface area contributed by atoms with E-state index in [1.54, 1.807) is 55.4 Å². The normalized spacial score (nSPS) is 13.9. The molecule has 1 aromatic heterocycles. The highest BCUT2D eigenvalue weighted by atomic mass is 32.2. The van der Waals surface area contributed by atoms with Crippen LogP contribution in [-0.4, -0.2) is 31.1 Å². The van der Waals surface area contributed by atoms with Crippen molar-refractivity contribution in [1.29, 1.82) is 0 Å². The Labute approximate surface area is 141 Å². The maximum Gasteiger partial charge on any atom is 0.258 e. The molecule has 1 aromatic carbocycles. The fourth-order valence-electron chi connectivity index (χ4n) is 2.59. The van der Waals surface area contributed by atoms with Crippen LogP contribution in [0.3, 0.4) is 0 Å². The summed E-state index contributed by atoms with van der Waals surface area (Å²) >= 11 is 0. The second kappa shape index (κ2) is 6.24. The van der Waals surface area contributed by atoms with E-state index in [-0.39, 0.29) is 5.91 Å². The molecule has 1 N–H and O–H groups in total. The van der Waals surface area contributed by atoms with E-state index < -0.39 is 15.3 Å². The summed E-state index contributed by atoms with van der Waals surface area (Å²) in [5.41, 5.74) is 2.81. The van der Waals surface area contributed by atoms with Gasteiger partial charge in [-0.2, -0.15) is 0 Å². The van der Waals surface area contributed by atoms with Gasteiger partial charge >= 0.3 is 0 Å². The number of aromatic nitrogens is 1. The molecule has 2 heterocycles. The maximum atomic E-state index is 12.7. The zero-order valence-electron chi connectivity index (χ0n) is 13.6. The van der Waals surface area contributed by atoms with Crippen LogP contribution in [0.1, 0.15) is 29.8 Å². The lowest BCUT2D eigenvalue weighted by atomic mass is 10.1. The molecule has 0 saturated heterocycles. The van der Waals surface area contributed by atoms with Gasteiger partial charge in [-0.3, -0.25) is 14.5 Å². The number of anilines is 2. The molecule has 7 heteroatoms. The van der Waals surface area contributed by atoms with Crippen LogP contribution >= 0.6 is 0 Å². The molecule has 0 fully saturated rings. The van der Waals surface area contributed by atoms with Crippen molar-refractivity contribution in [2.75, 3.05) is 16.2 Å². The number of hydrogen-bond acceptors (Lipinski definition) is 4. The summed E-state index contributed by atoms with van der Waals surface area (Å²) in [6.07, 6.45) is 3.91. The number of nitrogens with one attached hydrogen (secondary N) is 1. The second-order valence-electron chi connectivity index (χ2n) is 5.98. The molecular formula is C17H19N3O3S. The average Bonchev–Trinajstić information content (AvgIpc) is 2.97. The largest absolute Gasteiger partial charge is 0.308 e. The number of sulfonamides is 1. The first-order valence-electron chi connectivity index (χ1n) is 7.75. The van der Waals surface area contributed by atoms with Crippen molar-refractivity contribution in [2.24, 2.45) is 0 Å². The van der Waals surface area contributed by atoms with Crippen molar-refractivity contribution in [2.45, 2.75) is 25.5 Å². The van der Waals surface area contributed by atoms with E-state index in [2.05, 4.69) is 9.71 Å². The zero-order chi connectivity index (χ0) is 17.3. The molecule has 24 heavy (non-hydrogen) atoms. The van der Waals surface area contributed by atoms with Gasteiger partial charge in [-0.1, -0.05) is 6.07 Å². The number of hydrogen-bond donors (Lipinski definition) is 1. The highest BCUT2D eigenvalue weighted by molar-refractivity contribution is 7.93. The molecule has 1 amide bonds. The molecule has 6 nitrogen and oxygen atoms in total. The first-order valence-corrected chi connectivity index (χ1v) is 9.29. The predicted molar refractivity (Wildman–Crippen MR) is 93.7 cm³/mol. The molecule has 0 atom stereocenters. The van der Waals surface area contributed by atoms with E-state index >= 15 is 0 Å². The van der Waals surface area contributed by atoms with Crippen molar-refractivity contribution < 1.29 is 13.2 Å². The van der Waals surface area contributed by atoms with E-state index in [0.29, 0.717) is 17.8 Å². The number of rotatable bonds is 4. The number of fused-ring (bicyclic) bond motifs is 1. The third kappa shape index (κ3) is 3.12. The van der Waals surface area contributed by atoms with E-state index in [4.69, 9.17) is 0 Å². The van der Waals surface area contributed by atoms with Crippen LogP contribution in [0.15, 0.2) is 42.7 Å². The SMILES string of the molecule is CC(C)S(=O)(=O)Nc1ccc2c(c1)N(C(=O)c1ccncc1)CC2. The first kappa shape index (κ1) is 16.4. The Hall–Kier alpha value is -2.41. The molecule has 0 spiro atoms. The van der Waals surface area contributed by atoms with Crippen LogP contribution < -0.4 is 9.62 Å². The number of pyridine rings is 1. The van der Waals surface area contributed by atoms with Crippen LogP contribution in [0.5, 0.6) is 0 Å². The van der Waals surface area contributed by atoms with Crippen LogP contribution in [0.2, 0.25) is 0 Å². The summed E-state index contributed by atoms with van der Waals surface area (Å²) in [7, 11) is -3.42. The van der Waals surface area contributed by atoms with Crippen LogP contribution in [0, 0.1) is 0 Å². The van der Waals surface area contributed by atoms with E-state index in [0.717, 1.165) is 17.7 Å². The van der Waals surface area contributed by atoms with Gasteiger partial charge in [0, 0.05) is 30.2 Å². The van der Waals surface area contributed by atoms with Crippen LogP contribution in [0.25, 0.3) is 0 Å². The quantitative estimate of drug-likeness (QED) is 0.923. The Morgan fingerprint density at radius 1 is 1.21 bits per heavy atom. The molecule has 126 valence electrons. The fraction of sp³-hybridized carbons (Fsp3) is 0.294. The monoisotopic (exact) mass is 345 g/mol. The van der Waals surface area contributed by atoms with Crippen LogP contribution in [-0.2, 0) is 16.4 Å². The summed E-state index contributed by atoms with van der Waals surface area (Å²) in [6.45, 7) is 3.82. The minimum Gasteiger partial charge on any atom is -0.308 e. The van der Waals surface area contributed by atoms with E-state index in [9.17, 15) is 13.2 Å². The molecule has 0 bridgehead atoms. The number of carbonyl (C=O) groups excluding carboxylic acids is 1. The Balaban J connectivity index is 1.90. The van der Waals surface area contributed by atoms with Crippen molar-refractivity contribution in [3.63, 3.8) is 0 Å². The van der Waals surface area contributed by atoms with Gasteiger partial charge in [0.25, 0.3) is 5.91 Å². The average molecular weight is 345 g/mol. The Kier molecular flexibility index (Phi) is 4.28. The highest BCUT2D eigenvalue weighted by Crippen LogP contribution is 2.32. The van der Waals surface area contributed by atoms with Crippen molar-refractivity contribution in [3.05, 3.63) is 53.9 Å². The van der Waals surface area contributed by atoms with Gasteiger partial charge in [0.05, 0.1) is 10.9 Å². The van der Waals surface area contributed by atoms with Gasteiger partial charge in [0.2, 0.25) is 10.0 Å². The molecule has 0 radical (unpaired) electrons. The lowest BCUT2D eigenvalue weighted by Gasteiger charge is -2.18. The van der Waals surface area contributed by atoms with Gasteiger partial charge in [-0.15, -0.1) is 0 Å². The minimum absolute atomic E-state index is 0.111. The molecule has 1 aliphatic heterocycles. The molecule has 0 saturated carbocycles. The molecule has 0 aliphatic carbocycles. The Bertz CT molecular complexity index is 864. The standard InChI is InChI=1S/C17H19N3O3S/c1-12(2)24(22,23)19-15-4-3-13-7-10-20(16(13)11-15)17(21)14-5-8-18-9-6-14/h3-6,8-9,11-12,19H,7,10H2,1-2H3. The van der Waals surface area contributed by atoms with Gasteiger partial charge in [-0.25, -0.2) is 8.42 Å². The second-order valence-corrected chi connectivity index (χ2v) is 8.22. The summed E-state index contributed by atoms with van der Waals surface area (Å²) in [6, 6.07) is 8.67. The molecular weight excluding hydrogens is 326 g/mol. The van der Waals surface area contributed by atoms with Crippen LogP contribution in [0.4, 0.5) is 11.4 Å². The molecule has 0 unspecified atom stereocenters. The molecule has 3 rings (SSSR count). The molecule has 1 aliphatic rings. The summed E-state index contributed by atoms with van der Waals surface area (Å²) in [5.74, 6) is -0.111. The van der Waals surface area contributed by atoms with Crippen molar-refractivity contribution >= 4 is 27.3 Å². The summed E-state index contributed by atoms with van der Waals surface area (Å²) in [4.78, 5) is 18.3. The Morgan fingerprint density at radius 3 is 2.58 bits per heavy atom.